The van der Waals surface area contributed by atoms with Gasteiger partial charge in [-0.2, -0.15) is 0 Å². The first-order chi connectivity index (χ1) is 9.68. The minimum absolute atomic E-state index is 0.0154. The van der Waals surface area contributed by atoms with Gasteiger partial charge < -0.3 is 11.1 Å². The van der Waals surface area contributed by atoms with E-state index in [0.717, 1.165) is 6.07 Å². The molecule has 0 fully saturated rings. The molecule has 21 heavy (non-hydrogen) atoms. The van der Waals surface area contributed by atoms with Crippen LogP contribution in [0.15, 0.2) is 39.7 Å². The highest BCUT2D eigenvalue weighted by Crippen LogP contribution is 2.29. The fourth-order valence-corrected chi connectivity index (χ4v) is 2.49. The first kappa shape index (κ1) is 15.7. The van der Waals surface area contributed by atoms with Crippen molar-refractivity contribution in [3.05, 3.63) is 46.4 Å². The van der Waals surface area contributed by atoms with Crippen molar-refractivity contribution in [2.45, 2.75) is 4.90 Å². The van der Waals surface area contributed by atoms with E-state index >= 15 is 0 Å². The van der Waals surface area contributed by atoms with Gasteiger partial charge in [0.1, 0.15) is 11.6 Å². The van der Waals surface area contributed by atoms with Gasteiger partial charge in [-0.15, -0.1) is 0 Å². The van der Waals surface area contributed by atoms with Crippen LogP contribution in [0.25, 0.3) is 0 Å². The second-order valence-corrected chi connectivity index (χ2v) is 6.58. The van der Waals surface area contributed by atoms with Gasteiger partial charge in [-0.3, -0.25) is 0 Å². The number of benzene rings is 2. The molecule has 0 heterocycles. The molecule has 0 aliphatic rings. The largest absolute Gasteiger partial charge is 0.397 e. The zero-order valence-electron chi connectivity index (χ0n) is 10.4. The Morgan fingerprint density at radius 1 is 1.05 bits per heavy atom. The van der Waals surface area contributed by atoms with Crippen LogP contribution >= 0.6 is 15.9 Å². The van der Waals surface area contributed by atoms with Crippen molar-refractivity contribution in [3.8, 4) is 0 Å². The molecule has 0 radical (unpaired) electrons. The zero-order chi connectivity index (χ0) is 15.8. The number of nitrogens with two attached hydrogens (primary N) is 2. The summed E-state index contributed by atoms with van der Waals surface area (Å²) in [6.45, 7) is 0. The number of primary sulfonamides is 1. The van der Waals surface area contributed by atoms with E-state index in [1.54, 1.807) is 0 Å². The maximum Gasteiger partial charge on any atom is 0.238 e. The standard InChI is InChI=1S/C12H10BrF2N3O2S/c13-7-4-12(9(15)5-8(7)14)18-11-2-1-6(3-10(11)16)21(17,19)20/h1-5,18H,16H2,(H2,17,19,20). The van der Waals surface area contributed by atoms with E-state index in [1.807, 2.05) is 0 Å². The predicted octanol–water partition coefficient (Wildman–Crippen LogP) is 2.70. The van der Waals surface area contributed by atoms with Crippen LogP contribution in [0.1, 0.15) is 0 Å². The van der Waals surface area contributed by atoms with E-state index in [9.17, 15) is 17.2 Å². The van der Waals surface area contributed by atoms with Gasteiger partial charge in [-0.25, -0.2) is 22.3 Å². The molecule has 0 aliphatic heterocycles. The molecule has 9 heteroatoms. The van der Waals surface area contributed by atoms with Crippen molar-refractivity contribution in [3.63, 3.8) is 0 Å². The smallest absolute Gasteiger partial charge is 0.238 e. The third-order valence-electron chi connectivity index (χ3n) is 2.63. The van der Waals surface area contributed by atoms with Crippen LogP contribution in [-0.4, -0.2) is 8.42 Å². The summed E-state index contributed by atoms with van der Waals surface area (Å²) in [5.41, 5.74) is 6.00. The van der Waals surface area contributed by atoms with Crippen molar-refractivity contribution in [2.75, 3.05) is 11.1 Å². The monoisotopic (exact) mass is 377 g/mol. The number of hydrogen-bond donors (Lipinski definition) is 3. The molecule has 2 aromatic carbocycles. The Morgan fingerprint density at radius 2 is 1.71 bits per heavy atom. The van der Waals surface area contributed by atoms with Crippen molar-refractivity contribution in [1.29, 1.82) is 0 Å². The summed E-state index contributed by atoms with van der Waals surface area (Å²) in [4.78, 5) is -0.161. The Bertz CT molecular complexity index is 812. The van der Waals surface area contributed by atoms with Gasteiger partial charge >= 0.3 is 0 Å². The Kier molecular flexibility index (Phi) is 4.17. The van der Waals surface area contributed by atoms with Crippen LogP contribution in [0.5, 0.6) is 0 Å². The number of nitrogen functional groups attached to an aromatic ring is 1. The number of halogens is 3. The van der Waals surface area contributed by atoms with Crippen LogP contribution in [0.4, 0.5) is 25.8 Å². The van der Waals surface area contributed by atoms with E-state index in [4.69, 9.17) is 10.9 Å². The fourth-order valence-electron chi connectivity index (χ4n) is 1.60. The second kappa shape index (κ2) is 5.58. The maximum absolute atomic E-state index is 13.6. The summed E-state index contributed by atoms with van der Waals surface area (Å²) in [7, 11) is -3.87. The van der Waals surface area contributed by atoms with Gasteiger partial charge in [0.25, 0.3) is 0 Å². The molecule has 2 aromatic rings. The van der Waals surface area contributed by atoms with Crippen molar-refractivity contribution in [1.82, 2.24) is 0 Å². The zero-order valence-corrected chi connectivity index (χ0v) is 12.8. The molecule has 0 unspecified atom stereocenters. The Hall–Kier alpha value is -1.71. The van der Waals surface area contributed by atoms with E-state index in [-0.39, 0.29) is 26.4 Å². The minimum Gasteiger partial charge on any atom is -0.397 e. The molecule has 5 nitrogen and oxygen atoms in total. The Morgan fingerprint density at radius 3 is 2.29 bits per heavy atom. The van der Waals surface area contributed by atoms with Gasteiger partial charge in [-0.1, -0.05) is 0 Å². The topological polar surface area (TPSA) is 98.2 Å². The summed E-state index contributed by atoms with van der Waals surface area (Å²) in [5.74, 6) is -1.55. The van der Waals surface area contributed by atoms with E-state index in [0.29, 0.717) is 6.07 Å². The second-order valence-electron chi connectivity index (χ2n) is 4.17. The van der Waals surface area contributed by atoms with Gasteiger partial charge in [-0.05, 0) is 40.2 Å². The summed E-state index contributed by atoms with van der Waals surface area (Å²) >= 11 is 2.94. The van der Waals surface area contributed by atoms with Crippen LogP contribution in [0.3, 0.4) is 0 Å². The molecule has 0 bridgehead atoms. The summed E-state index contributed by atoms with van der Waals surface area (Å²) < 4.78 is 49.2. The number of rotatable bonds is 3. The highest BCUT2D eigenvalue weighted by Gasteiger charge is 2.12. The van der Waals surface area contributed by atoms with E-state index in [1.165, 1.54) is 18.2 Å². The molecule has 2 rings (SSSR count). The Balaban J connectivity index is 2.39. The molecular formula is C12H10BrF2N3O2S. The summed E-state index contributed by atoms with van der Waals surface area (Å²) in [6.07, 6.45) is 0. The molecule has 0 spiro atoms. The van der Waals surface area contributed by atoms with E-state index in [2.05, 4.69) is 21.2 Å². The van der Waals surface area contributed by atoms with Crippen LogP contribution in [0.2, 0.25) is 0 Å². The lowest BCUT2D eigenvalue weighted by Gasteiger charge is -2.12. The van der Waals surface area contributed by atoms with Gasteiger partial charge in [0.15, 0.2) is 0 Å². The lowest BCUT2D eigenvalue weighted by molar-refractivity contribution is 0.581. The number of anilines is 3. The van der Waals surface area contributed by atoms with Crippen molar-refractivity contribution < 1.29 is 17.2 Å². The lowest BCUT2D eigenvalue weighted by Crippen LogP contribution is -2.12. The normalized spacial score (nSPS) is 11.4. The highest BCUT2D eigenvalue weighted by atomic mass is 79.9. The molecule has 0 amide bonds. The third kappa shape index (κ3) is 3.49. The molecule has 5 N–H and O–H groups in total. The first-order valence-electron chi connectivity index (χ1n) is 5.52. The quantitative estimate of drug-likeness (QED) is 0.565. The molecule has 0 aromatic heterocycles. The summed E-state index contributed by atoms with van der Waals surface area (Å²) in [6, 6.07) is 5.63. The van der Waals surface area contributed by atoms with Crippen molar-refractivity contribution in [2.24, 2.45) is 5.14 Å². The summed E-state index contributed by atoms with van der Waals surface area (Å²) in [5, 5.41) is 7.63. The van der Waals surface area contributed by atoms with Crippen molar-refractivity contribution >= 4 is 43.0 Å². The van der Waals surface area contributed by atoms with Gasteiger partial charge in [0.2, 0.25) is 10.0 Å². The predicted molar refractivity (Wildman–Crippen MR) is 79.6 cm³/mol. The van der Waals surface area contributed by atoms with Gasteiger partial charge in [0, 0.05) is 6.07 Å². The Labute approximate surface area is 128 Å². The molecule has 112 valence electrons. The molecule has 0 saturated carbocycles. The van der Waals surface area contributed by atoms with Crippen LogP contribution in [0, 0.1) is 11.6 Å². The molecule has 0 atom stereocenters. The number of sulfonamides is 1. The maximum atomic E-state index is 13.6. The van der Waals surface area contributed by atoms with Crippen LogP contribution < -0.4 is 16.2 Å². The van der Waals surface area contributed by atoms with Crippen LogP contribution in [-0.2, 0) is 10.0 Å². The fraction of sp³-hybridized carbons (Fsp3) is 0. The first-order valence-corrected chi connectivity index (χ1v) is 7.86. The lowest BCUT2D eigenvalue weighted by atomic mass is 10.2. The average molecular weight is 378 g/mol. The molecular weight excluding hydrogens is 368 g/mol. The highest BCUT2D eigenvalue weighted by molar-refractivity contribution is 9.10. The molecule has 0 saturated heterocycles. The molecule has 0 aliphatic carbocycles. The third-order valence-corrected chi connectivity index (χ3v) is 4.15. The SMILES string of the molecule is Nc1cc(S(N)(=O)=O)ccc1Nc1cc(Br)c(F)cc1F. The van der Waals surface area contributed by atoms with Gasteiger partial charge in [0.05, 0.1) is 26.4 Å². The number of nitrogens with one attached hydrogen (secondary N) is 1. The minimum atomic E-state index is -3.87. The number of hydrogen-bond acceptors (Lipinski definition) is 4. The average Bonchev–Trinajstić information content (AvgIpc) is 2.36. The van der Waals surface area contributed by atoms with E-state index < -0.39 is 21.7 Å².